The van der Waals surface area contributed by atoms with Crippen LogP contribution in [0, 0.1) is 0 Å². The molecule has 1 aliphatic rings. The van der Waals surface area contributed by atoms with E-state index in [0.29, 0.717) is 0 Å². The highest BCUT2D eigenvalue weighted by Gasteiger charge is 2.20. The largest absolute Gasteiger partial charge is 0.290 e. The highest BCUT2D eigenvalue weighted by Crippen LogP contribution is 2.18. The van der Waals surface area contributed by atoms with Gasteiger partial charge >= 0.3 is 0 Å². The molecule has 0 atom stereocenters. The average Bonchev–Trinajstić information content (AvgIpc) is 2.99. The number of fused-ring (bicyclic) bond motifs is 1. The van der Waals surface area contributed by atoms with Gasteiger partial charge in [-0.15, -0.1) is 5.10 Å². The summed E-state index contributed by atoms with van der Waals surface area (Å²) in [7, 11) is 0. The molecule has 0 aromatic carbocycles. The van der Waals surface area contributed by atoms with Gasteiger partial charge in [-0.25, -0.2) is 14.6 Å². The molecule has 0 amide bonds. The van der Waals surface area contributed by atoms with E-state index >= 15 is 0 Å². The molecule has 3 heterocycles. The van der Waals surface area contributed by atoms with Gasteiger partial charge in [-0.2, -0.15) is 0 Å². The summed E-state index contributed by atoms with van der Waals surface area (Å²) in [4.78, 5) is 11.4. The van der Waals surface area contributed by atoms with Crippen molar-refractivity contribution in [3.05, 3.63) is 29.1 Å². The first kappa shape index (κ1) is 15.0. The lowest BCUT2D eigenvalue weighted by Gasteiger charge is -2.27. The Labute approximate surface area is 130 Å². The number of aromatic nitrogens is 6. The third kappa shape index (κ3) is 3.30. The van der Waals surface area contributed by atoms with Gasteiger partial charge in [0, 0.05) is 32.3 Å². The first-order chi connectivity index (χ1) is 10.8. The second-order valence-corrected chi connectivity index (χ2v) is 5.74. The highest BCUT2D eigenvalue weighted by molar-refractivity contribution is 5.20. The molecule has 0 saturated carbocycles. The fourth-order valence-corrected chi connectivity index (χ4v) is 2.72. The van der Waals surface area contributed by atoms with Crippen molar-refractivity contribution < 1.29 is 0 Å². The quantitative estimate of drug-likeness (QED) is 0.802. The minimum absolute atomic E-state index is 0.779. The van der Waals surface area contributed by atoms with Crippen LogP contribution in [0.25, 0.3) is 0 Å². The summed E-state index contributed by atoms with van der Waals surface area (Å²) in [5, 5.41) is 12.1. The van der Waals surface area contributed by atoms with Crippen molar-refractivity contribution in [2.45, 2.75) is 59.2 Å². The van der Waals surface area contributed by atoms with Crippen LogP contribution >= 0.6 is 0 Å². The second-order valence-electron chi connectivity index (χ2n) is 5.74. The summed E-state index contributed by atoms with van der Waals surface area (Å²) in [5.74, 6) is 1.87. The molecule has 3 rings (SSSR count). The Bertz CT molecular complexity index is 622. The number of unbranched alkanes of at least 4 members (excludes halogenated alkanes) is 1. The van der Waals surface area contributed by atoms with Crippen LogP contribution < -0.4 is 0 Å². The molecule has 0 spiro atoms. The van der Waals surface area contributed by atoms with E-state index in [2.05, 4.69) is 44.2 Å². The first-order valence-corrected chi connectivity index (χ1v) is 8.11. The van der Waals surface area contributed by atoms with Crippen molar-refractivity contribution in [2.75, 3.05) is 6.54 Å². The zero-order chi connectivity index (χ0) is 15.4. The number of nitrogens with zero attached hydrogens (tertiary/aromatic N) is 7. The standard InChI is InChI=1S/C15H23N7/c1-3-5-7-22-15(18-19-20-22)11-21-8-6-12-9-16-14(4-2)17-13(12)10-21/h9H,3-8,10-11H2,1-2H3. The number of aryl methyl sites for hydroxylation is 2. The molecule has 0 bridgehead atoms. The maximum atomic E-state index is 4.67. The minimum atomic E-state index is 0.779. The van der Waals surface area contributed by atoms with Gasteiger partial charge < -0.3 is 0 Å². The SMILES string of the molecule is CCCCn1nnnc1CN1CCc2cnc(CC)nc2C1. The van der Waals surface area contributed by atoms with Crippen molar-refractivity contribution in [2.24, 2.45) is 0 Å². The molecular weight excluding hydrogens is 278 g/mol. The van der Waals surface area contributed by atoms with Crippen LogP contribution in [0.2, 0.25) is 0 Å². The summed E-state index contributed by atoms with van der Waals surface area (Å²) in [6.07, 6.45) is 6.11. The zero-order valence-corrected chi connectivity index (χ0v) is 13.4. The van der Waals surface area contributed by atoms with Gasteiger partial charge in [0.2, 0.25) is 0 Å². The van der Waals surface area contributed by atoms with Crippen LogP contribution in [0.3, 0.4) is 0 Å². The number of hydrogen-bond donors (Lipinski definition) is 0. The van der Waals surface area contributed by atoms with E-state index in [4.69, 9.17) is 0 Å². The summed E-state index contributed by atoms with van der Waals surface area (Å²) in [5.41, 5.74) is 2.43. The van der Waals surface area contributed by atoms with E-state index < -0.39 is 0 Å². The van der Waals surface area contributed by atoms with Crippen molar-refractivity contribution >= 4 is 0 Å². The van der Waals surface area contributed by atoms with E-state index in [1.807, 2.05) is 10.9 Å². The molecule has 0 radical (unpaired) electrons. The Balaban J connectivity index is 1.68. The summed E-state index contributed by atoms with van der Waals surface area (Å²) >= 11 is 0. The smallest absolute Gasteiger partial charge is 0.165 e. The van der Waals surface area contributed by atoms with E-state index in [0.717, 1.165) is 69.2 Å². The van der Waals surface area contributed by atoms with Crippen molar-refractivity contribution in [3.63, 3.8) is 0 Å². The first-order valence-electron chi connectivity index (χ1n) is 8.11. The number of hydrogen-bond acceptors (Lipinski definition) is 6. The molecule has 0 fully saturated rings. The molecule has 2 aromatic heterocycles. The highest BCUT2D eigenvalue weighted by atomic mass is 15.5. The number of rotatable bonds is 6. The Morgan fingerprint density at radius 3 is 3.00 bits per heavy atom. The van der Waals surface area contributed by atoms with Crippen LogP contribution in [0.1, 0.15) is 49.6 Å². The monoisotopic (exact) mass is 301 g/mol. The normalized spacial score (nSPS) is 15.0. The topological polar surface area (TPSA) is 72.6 Å². The molecule has 0 unspecified atom stereocenters. The molecule has 22 heavy (non-hydrogen) atoms. The van der Waals surface area contributed by atoms with Crippen molar-refractivity contribution in [1.29, 1.82) is 0 Å². The van der Waals surface area contributed by atoms with Gasteiger partial charge in [-0.1, -0.05) is 20.3 Å². The van der Waals surface area contributed by atoms with Crippen LogP contribution in [0.15, 0.2) is 6.20 Å². The van der Waals surface area contributed by atoms with Gasteiger partial charge in [-0.3, -0.25) is 4.90 Å². The lowest BCUT2D eigenvalue weighted by molar-refractivity contribution is 0.229. The zero-order valence-electron chi connectivity index (χ0n) is 13.4. The Hall–Kier alpha value is -1.89. The van der Waals surface area contributed by atoms with Crippen LogP contribution in [0.5, 0.6) is 0 Å². The molecule has 118 valence electrons. The molecular formula is C15H23N7. The molecule has 0 saturated heterocycles. The third-order valence-electron chi connectivity index (χ3n) is 4.09. The average molecular weight is 301 g/mol. The number of tetrazole rings is 1. The van der Waals surface area contributed by atoms with Crippen molar-refractivity contribution in [3.8, 4) is 0 Å². The second kappa shape index (κ2) is 6.91. The summed E-state index contributed by atoms with van der Waals surface area (Å²) in [6.45, 7) is 7.79. The van der Waals surface area contributed by atoms with Crippen LogP contribution in [-0.2, 0) is 32.5 Å². The predicted octanol–water partition coefficient (Wildman–Crippen LogP) is 1.38. The van der Waals surface area contributed by atoms with Crippen LogP contribution in [0.4, 0.5) is 0 Å². The van der Waals surface area contributed by atoms with E-state index in [1.54, 1.807) is 0 Å². The fourth-order valence-electron chi connectivity index (χ4n) is 2.72. The molecule has 1 aliphatic heterocycles. The maximum absolute atomic E-state index is 4.67. The van der Waals surface area contributed by atoms with Crippen LogP contribution in [-0.4, -0.2) is 41.6 Å². The van der Waals surface area contributed by atoms with Gasteiger partial charge in [0.25, 0.3) is 0 Å². The molecule has 7 heteroatoms. The fraction of sp³-hybridized carbons (Fsp3) is 0.667. The van der Waals surface area contributed by atoms with Gasteiger partial charge in [0.1, 0.15) is 5.82 Å². The van der Waals surface area contributed by atoms with E-state index in [-0.39, 0.29) is 0 Å². The van der Waals surface area contributed by atoms with Gasteiger partial charge in [-0.05, 0) is 28.8 Å². The molecule has 7 nitrogen and oxygen atoms in total. The molecule has 0 aliphatic carbocycles. The van der Waals surface area contributed by atoms with E-state index in [1.165, 1.54) is 5.56 Å². The van der Waals surface area contributed by atoms with Gasteiger partial charge in [0.05, 0.1) is 12.2 Å². The summed E-state index contributed by atoms with van der Waals surface area (Å²) < 4.78 is 1.93. The Morgan fingerprint density at radius 1 is 1.27 bits per heavy atom. The minimum Gasteiger partial charge on any atom is -0.290 e. The predicted molar refractivity (Wildman–Crippen MR) is 82.0 cm³/mol. The molecule has 2 aromatic rings. The van der Waals surface area contributed by atoms with Gasteiger partial charge in [0.15, 0.2) is 5.82 Å². The molecule has 0 N–H and O–H groups in total. The third-order valence-corrected chi connectivity index (χ3v) is 4.09. The lowest BCUT2D eigenvalue weighted by atomic mass is 10.1. The lowest BCUT2D eigenvalue weighted by Crippen LogP contribution is -2.32. The summed E-state index contributed by atoms with van der Waals surface area (Å²) in [6, 6.07) is 0. The Morgan fingerprint density at radius 2 is 2.18 bits per heavy atom. The van der Waals surface area contributed by atoms with E-state index in [9.17, 15) is 0 Å². The Kier molecular flexibility index (Phi) is 4.72. The maximum Gasteiger partial charge on any atom is 0.165 e. The van der Waals surface area contributed by atoms with Crippen molar-refractivity contribution in [1.82, 2.24) is 35.1 Å².